The normalized spacial score (nSPS) is 10.5. The van der Waals surface area contributed by atoms with Crippen LogP contribution in [-0.2, 0) is 0 Å². The number of benzene rings is 4. The van der Waals surface area contributed by atoms with Crippen LogP contribution in [0.3, 0.4) is 0 Å². The van der Waals surface area contributed by atoms with Gasteiger partial charge in [0.15, 0.2) is 0 Å². The maximum atomic E-state index is 8.36. The number of hydrogen-bond donors (Lipinski definition) is 1. The van der Waals surface area contributed by atoms with Gasteiger partial charge in [0, 0.05) is 0 Å². The third-order valence-corrected chi connectivity index (χ3v) is 16.8. The van der Waals surface area contributed by atoms with E-state index >= 15 is 0 Å². The predicted octanol–water partition coefficient (Wildman–Crippen LogP) is 2.72. The Bertz CT molecular complexity index is 859. The molecular formula is C24H21NO3Sb+. The Morgan fingerprint density at radius 3 is 0.862 bits per heavy atom. The van der Waals surface area contributed by atoms with Crippen molar-refractivity contribution < 1.29 is 10.3 Å². The Kier molecular flexibility index (Phi) is 7.04. The summed E-state index contributed by atoms with van der Waals surface area (Å²) < 4.78 is 5.91. The van der Waals surface area contributed by atoms with Crippen LogP contribution in [0.4, 0.5) is 0 Å². The Morgan fingerprint density at radius 2 is 0.690 bits per heavy atom. The second-order valence-electron chi connectivity index (χ2n) is 6.25. The van der Waals surface area contributed by atoms with Crippen LogP contribution in [0.25, 0.3) is 0 Å². The van der Waals surface area contributed by atoms with Gasteiger partial charge in [0.1, 0.15) is 0 Å². The van der Waals surface area contributed by atoms with Crippen molar-refractivity contribution in [1.29, 1.82) is 0 Å². The van der Waals surface area contributed by atoms with Crippen LogP contribution < -0.4 is 14.0 Å². The fourth-order valence-corrected chi connectivity index (χ4v) is 15.7. The van der Waals surface area contributed by atoms with Gasteiger partial charge in [-0.25, -0.2) is 0 Å². The third kappa shape index (κ3) is 4.67. The first-order valence-electron chi connectivity index (χ1n) is 9.10. The van der Waals surface area contributed by atoms with Crippen LogP contribution in [0.5, 0.6) is 0 Å². The molecule has 29 heavy (non-hydrogen) atoms. The fourth-order valence-electron chi connectivity index (χ4n) is 3.50. The SMILES string of the molecule is O=[N+]([O-])O.c1cc[c]([Sb+]([c]2ccccc2)([c]2ccccc2)[c]2ccccc2)cc1. The molecule has 0 unspecified atom stereocenters. The summed E-state index contributed by atoms with van der Waals surface area (Å²) in [6.45, 7) is 0. The van der Waals surface area contributed by atoms with Crippen LogP contribution in [0.15, 0.2) is 121 Å². The Hall–Kier alpha value is -3.10. The first kappa shape index (κ1) is 20.6. The van der Waals surface area contributed by atoms with Gasteiger partial charge >= 0.3 is 154 Å². The molecule has 0 amide bonds. The van der Waals surface area contributed by atoms with Crippen molar-refractivity contribution >= 4 is 32.8 Å². The minimum atomic E-state index is -3.17. The van der Waals surface area contributed by atoms with Crippen LogP contribution in [0.2, 0.25) is 0 Å². The summed E-state index contributed by atoms with van der Waals surface area (Å²) in [7, 11) is 0. The van der Waals surface area contributed by atoms with Gasteiger partial charge in [-0.3, -0.25) is 0 Å². The van der Waals surface area contributed by atoms with E-state index in [4.69, 9.17) is 15.3 Å². The Morgan fingerprint density at radius 1 is 0.517 bits per heavy atom. The number of rotatable bonds is 4. The second kappa shape index (κ2) is 9.90. The van der Waals surface area contributed by atoms with E-state index in [1.54, 1.807) is 0 Å². The quantitative estimate of drug-likeness (QED) is 0.270. The predicted molar refractivity (Wildman–Crippen MR) is 119 cm³/mol. The van der Waals surface area contributed by atoms with E-state index in [-0.39, 0.29) is 0 Å². The molecule has 4 aromatic rings. The zero-order valence-electron chi connectivity index (χ0n) is 15.7. The molecule has 4 nitrogen and oxygen atoms in total. The zero-order valence-corrected chi connectivity index (χ0v) is 18.3. The van der Waals surface area contributed by atoms with Crippen molar-refractivity contribution in [2.24, 2.45) is 0 Å². The maximum absolute atomic E-state index is 8.36. The molecule has 0 aliphatic heterocycles. The molecule has 0 fully saturated rings. The van der Waals surface area contributed by atoms with Crippen molar-refractivity contribution in [2.45, 2.75) is 0 Å². The van der Waals surface area contributed by atoms with Crippen LogP contribution in [0.1, 0.15) is 0 Å². The Balaban J connectivity index is 0.000000552. The fraction of sp³-hybridized carbons (Fsp3) is 0. The van der Waals surface area contributed by atoms with E-state index in [2.05, 4.69) is 121 Å². The van der Waals surface area contributed by atoms with E-state index in [0.717, 1.165) is 0 Å². The molecule has 5 heteroatoms. The van der Waals surface area contributed by atoms with Gasteiger partial charge in [0.25, 0.3) is 5.09 Å². The van der Waals surface area contributed by atoms with Gasteiger partial charge in [-0.1, -0.05) is 0 Å². The summed E-state index contributed by atoms with van der Waals surface area (Å²) in [6, 6.07) is 44.4. The van der Waals surface area contributed by atoms with Crippen molar-refractivity contribution in [3.8, 4) is 0 Å². The number of hydrogen-bond acceptors (Lipinski definition) is 2. The average molecular weight is 493 g/mol. The van der Waals surface area contributed by atoms with E-state index in [1.165, 1.54) is 14.0 Å². The van der Waals surface area contributed by atoms with E-state index in [9.17, 15) is 0 Å². The second-order valence-corrected chi connectivity index (χ2v) is 16.0. The summed E-state index contributed by atoms with van der Waals surface area (Å²) >= 11 is -3.17. The van der Waals surface area contributed by atoms with E-state index in [1.807, 2.05) is 0 Å². The molecule has 0 heterocycles. The van der Waals surface area contributed by atoms with Crippen LogP contribution >= 0.6 is 0 Å². The van der Waals surface area contributed by atoms with Gasteiger partial charge in [0.2, 0.25) is 0 Å². The van der Waals surface area contributed by atoms with Crippen molar-refractivity contribution in [3.63, 3.8) is 0 Å². The number of nitrogens with zero attached hydrogens (tertiary/aromatic N) is 1. The van der Waals surface area contributed by atoms with E-state index < -0.39 is 23.9 Å². The molecule has 0 saturated carbocycles. The standard InChI is InChI=1S/4C6H5.HNO3.Sb/c4*1-2-4-6-5-3-1;2-1(3)4;/h4*1-5H;(H,2,3,4);/q;;;;;+1. The van der Waals surface area contributed by atoms with E-state index in [0.29, 0.717) is 0 Å². The molecule has 0 aliphatic carbocycles. The molecule has 4 aromatic carbocycles. The van der Waals surface area contributed by atoms with Crippen molar-refractivity contribution in [1.82, 2.24) is 0 Å². The molecule has 0 spiro atoms. The first-order chi connectivity index (χ1) is 14.2. The molecule has 4 rings (SSSR count). The van der Waals surface area contributed by atoms with Gasteiger partial charge in [-0.2, -0.15) is 0 Å². The average Bonchev–Trinajstić information content (AvgIpc) is 2.77. The molecule has 0 aromatic heterocycles. The third-order valence-electron chi connectivity index (χ3n) is 4.57. The summed E-state index contributed by atoms with van der Waals surface area (Å²) in [6.07, 6.45) is 0. The summed E-state index contributed by atoms with van der Waals surface area (Å²) in [5.41, 5.74) is 0. The molecule has 0 saturated heterocycles. The summed E-state index contributed by atoms with van der Waals surface area (Å²) in [5, 5.41) is 13.6. The Labute approximate surface area is 174 Å². The monoisotopic (exact) mass is 492 g/mol. The topological polar surface area (TPSA) is 63.4 Å². The van der Waals surface area contributed by atoms with Crippen LogP contribution in [0, 0.1) is 10.1 Å². The van der Waals surface area contributed by atoms with Crippen molar-refractivity contribution in [3.05, 3.63) is 131 Å². The molecule has 1 N–H and O–H groups in total. The van der Waals surface area contributed by atoms with Gasteiger partial charge in [-0.15, -0.1) is 10.1 Å². The van der Waals surface area contributed by atoms with Gasteiger partial charge in [-0.05, 0) is 0 Å². The first-order valence-corrected chi connectivity index (χ1v) is 14.2. The molecule has 0 aliphatic rings. The summed E-state index contributed by atoms with van der Waals surface area (Å²) in [5.74, 6) is 0. The van der Waals surface area contributed by atoms with Gasteiger partial charge in [0.05, 0.1) is 0 Å². The minimum absolute atomic E-state index is 1.48. The van der Waals surface area contributed by atoms with Crippen molar-refractivity contribution in [2.75, 3.05) is 0 Å². The zero-order chi connectivity index (χ0) is 20.5. The molecule has 0 bridgehead atoms. The molecular weight excluding hydrogens is 472 g/mol. The van der Waals surface area contributed by atoms with Gasteiger partial charge < -0.3 is 5.21 Å². The molecule has 0 atom stereocenters. The molecule has 144 valence electrons. The summed E-state index contributed by atoms with van der Waals surface area (Å²) in [4.78, 5) is 8.36. The van der Waals surface area contributed by atoms with Crippen LogP contribution in [-0.4, -0.2) is 29.1 Å². The molecule has 0 radical (unpaired) electrons.